The summed E-state index contributed by atoms with van der Waals surface area (Å²) in [6.07, 6.45) is 2.47. The molecule has 0 saturated carbocycles. The highest BCUT2D eigenvalue weighted by molar-refractivity contribution is 5.99. The van der Waals surface area contributed by atoms with Crippen molar-refractivity contribution in [3.63, 3.8) is 0 Å². The Kier molecular flexibility index (Phi) is 4.63. The molecule has 0 aromatic heterocycles. The van der Waals surface area contributed by atoms with Crippen LogP contribution in [0.3, 0.4) is 0 Å². The summed E-state index contributed by atoms with van der Waals surface area (Å²) in [7, 11) is 0. The Hall–Kier alpha value is -1.88. The van der Waals surface area contributed by atoms with Crippen molar-refractivity contribution in [1.29, 1.82) is 0 Å². The lowest BCUT2D eigenvalue weighted by atomic mass is 9.95. The summed E-state index contributed by atoms with van der Waals surface area (Å²) in [5, 5.41) is 9.05. The number of fused-ring (bicyclic) bond motifs is 1. The molecule has 0 unspecified atom stereocenters. The number of nitrogens with two attached hydrogens (primary N) is 1. The van der Waals surface area contributed by atoms with Crippen LogP contribution in [0.25, 0.3) is 0 Å². The Morgan fingerprint density at radius 2 is 2.14 bits per heavy atom. The molecule has 1 heterocycles. The standard InChI is InChI=1S/C16H22N2O3/c1-3-10(2)14(17)15(19)18-8-4-5-11-9-12(16(20)21)6-7-13(11)18/h6-7,9-10,14H,3-5,8,17H2,1-2H3,(H,20,21)/t10-,14-/m0/s1. The molecule has 0 spiro atoms. The number of carbonyl (C=O) groups excluding carboxylic acids is 1. The molecule has 1 aromatic carbocycles. The van der Waals surface area contributed by atoms with Crippen molar-refractivity contribution in [3.8, 4) is 0 Å². The number of carboxylic acid groups (broad SMARTS) is 1. The maximum Gasteiger partial charge on any atom is 0.335 e. The van der Waals surface area contributed by atoms with Gasteiger partial charge in [-0.05, 0) is 42.5 Å². The van der Waals surface area contributed by atoms with Crippen molar-refractivity contribution in [2.24, 2.45) is 11.7 Å². The SMILES string of the molecule is CC[C@H](C)[C@H](N)C(=O)N1CCCc2cc(C(=O)O)ccc21. The first-order valence-corrected chi connectivity index (χ1v) is 7.38. The summed E-state index contributed by atoms with van der Waals surface area (Å²) >= 11 is 0. The van der Waals surface area contributed by atoms with Crippen LogP contribution in [0.5, 0.6) is 0 Å². The van der Waals surface area contributed by atoms with Gasteiger partial charge in [0.05, 0.1) is 11.6 Å². The number of aromatic carboxylic acids is 1. The van der Waals surface area contributed by atoms with Gasteiger partial charge in [0.2, 0.25) is 5.91 Å². The zero-order valence-electron chi connectivity index (χ0n) is 12.5. The van der Waals surface area contributed by atoms with E-state index in [9.17, 15) is 9.59 Å². The van der Waals surface area contributed by atoms with E-state index in [2.05, 4.69) is 0 Å². The fourth-order valence-corrected chi connectivity index (χ4v) is 2.64. The molecule has 0 aliphatic carbocycles. The molecule has 3 N–H and O–H groups in total. The second kappa shape index (κ2) is 6.26. The van der Waals surface area contributed by atoms with Crippen LogP contribution < -0.4 is 10.6 Å². The third kappa shape index (κ3) is 3.08. The second-order valence-electron chi connectivity index (χ2n) is 5.65. The highest BCUT2D eigenvalue weighted by atomic mass is 16.4. The van der Waals surface area contributed by atoms with Crippen LogP contribution in [0.2, 0.25) is 0 Å². The summed E-state index contributed by atoms with van der Waals surface area (Å²) in [5.41, 5.74) is 8.02. The summed E-state index contributed by atoms with van der Waals surface area (Å²) in [4.78, 5) is 25.3. The lowest BCUT2D eigenvalue weighted by Crippen LogP contribution is -2.48. The Bertz CT molecular complexity index is 556. The molecular weight excluding hydrogens is 268 g/mol. The number of carboxylic acids is 1. The highest BCUT2D eigenvalue weighted by Crippen LogP contribution is 2.29. The third-order valence-corrected chi connectivity index (χ3v) is 4.25. The zero-order valence-corrected chi connectivity index (χ0v) is 12.5. The number of benzene rings is 1. The van der Waals surface area contributed by atoms with E-state index >= 15 is 0 Å². The summed E-state index contributed by atoms with van der Waals surface area (Å²) < 4.78 is 0. The maximum absolute atomic E-state index is 12.6. The normalized spacial score (nSPS) is 17.0. The molecule has 114 valence electrons. The number of amides is 1. The first-order valence-electron chi connectivity index (χ1n) is 7.38. The molecule has 0 fully saturated rings. The van der Waals surface area contributed by atoms with Crippen LogP contribution in [-0.4, -0.2) is 29.6 Å². The Morgan fingerprint density at radius 1 is 1.43 bits per heavy atom. The van der Waals surface area contributed by atoms with Crippen LogP contribution in [0.1, 0.15) is 42.6 Å². The fourth-order valence-electron chi connectivity index (χ4n) is 2.64. The molecule has 5 heteroatoms. The van der Waals surface area contributed by atoms with Gasteiger partial charge in [-0.2, -0.15) is 0 Å². The third-order valence-electron chi connectivity index (χ3n) is 4.25. The van der Waals surface area contributed by atoms with Crippen molar-refractivity contribution < 1.29 is 14.7 Å². The van der Waals surface area contributed by atoms with E-state index in [-0.39, 0.29) is 17.4 Å². The van der Waals surface area contributed by atoms with Gasteiger partial charge >= 0.3 is 5.97 Å². The van der Waals surface area contributed by atoms with Gasteiger partial charge in [-0.15, -0.1) is 0 Å². The van der Waals surface area contributed by atoms with Gasteiger partial charge in [0.15, 0.2) is 0 Å². The predicted octanol–water partition coefficient (Wildman–Crippen LogP) is 2.04. The molecule has 5 nitrogen and oxygen atoms in total. The van der Waals surface area contributed by atoms with Gasteiger partial charge < -0.3 is 15.7 Å². The van der Waals surface area contributed by atoms with Crippen molar-refractivity contribution in [2.45, 2.75) is 39.2 Å². The molecule has 1 amide bonds. The minimum absolute atomic E-state index is 0.0756. The lowest BCUT2D eigenvalue weighted by molar-refractivity contribution is -0.120. The molecule has 2 atom stereocenters. The van der Waals surface area contributed by atoms with Gasteiger partial charge in [-0.25, -0.2) is 4.79 Å². The van der Waals surface area contributed by atoms with Crippen LogP contribution in [0.4, 0.5) is 5.69 Å². The molecule has 21 heavy (non-hydrogen) atoms. The van der Waals surface area contributed by atoms with E-state index < -0.39 is 12.0 Å². The summed E-state index contributed by atoms with van der Waals surface area (Å²) in [5.74, 6) is -0.896. The number of carbonyl (C=O) groups is 2. The number of hydrogen-bond donors (Lipinski definition) is 2. The lowest BCUT2D eigenvalue weighted by Gasteiger charge is -2.33. The van der Waals surface area contributed by atoms with Gasteiger partial charge in [-0.1, -0.05) is 20.3 Å². The first kappa shape index (κ1) is 15.5. The average Bonchev–Trinajstić information content (AvgIpc) is 2.51. The average molecular weight is 290 g/mol. The van der Waals surface area contributed by atoms with Gasteiger partial charge in [0.1, 0.15) is 0 Å². The molecule has 1 aliphatic heterocycles. The van der Waals surface area contributed by atoms with Crippen molar-refractivity contribution in [2.75, 3.05) is 11.4 Å². The monoisotopic (exact) mass is 290 g/mol. The minimum atomic E-state index is -0.947. The van der Waals surface area contributed by atoms with Crippen LogP contribution >= 0.6 is 0 Å². The van der Waals surface area contributed by atoms with E-state index in [1.165, 1.54) is 0 Å². The van der Waals surface area contributed by atoms with E-state index in [1.54, 1.807) is 23.1 Å². The van der Waals surface area contributed by atoms with Crippen LogP contribution in [0, 0.1) is 5.92 Å². The first-order chi connectivity index (χ1) is 9.95. The highest BCUT2D eigenvalue weighted by Gasteiger charge is 2.29. The van der Waals surface area contributed by atoms with E-state index in [0.717, 1.165) is 30.5 Å². The molecular formula is C16H22N2O3. The topological polar surface area (TPSA) is 83.6 Å². The van der Waals surface area contributed by atoms with Crippen molar-refractivity contribution in [1.82, 2.24) is 0 Å². The van der Waals surface area contributed by atoms with Gasteiger partial charge in [0.25, 0.3) is 0 Å². The van der Waals surface area contributed by atoms with Crippen LogP contribution in [0.15, 0.2) is 18.2 Å². The zero-order chi connectivity index (χ0) is 15.6. The number of aryl methyl sites for hydroxylation is 1. The molecule has 0 radical (unpaired) electrons. The quantitative estimate of drug-likeness (QED) is 0.888. The minimum Gasteiger partial charge on any atom is -0.478 e. The maximum atomic E-state index is 12.6. The molecule has 1 aliphatic rings. The fraction of sp³-hybridized carbons (Fsp3) is 0.500. The summed E-state index contributed by atoms with van der Waals surface area (Å²) in [6.45, 7) is 4.63. The largest absolute Gasteiger partial charge is 0.478 e. The molecule has 2 rings (SSSR count). The predicted molar refractivity (Wildman–Crippen MR) is 81.5 cm³/mol. The van der Waals surface area contributed by atoms with E-state index in [4.69, 9.17) is 10.8 Å². The Labute approximate surface area is 124 Å². The number of rotatable bonds is 4. The number of anilines is 1. The van der Waals surface area contributed by atoms with Crippen molar-refractivity contribution >= 4 is 17.6 Å². The molecule has 1 aromatic rings. The summed E-state index contributed by atoms with van der Waals surface area (Å²) in [6, 6.07) is 4.41. The van der Waals surface area contributed by atoms with Gasteiger partial charge in [-0.3, -0.25) is 4.79 Å². The van der Waals surface area contributed by atoms with Crippen LogP contribution in [-0.2, 0) is 11.2 Å². The van der Waals surface area contributed by atoms with Gasteiger partial charge in [0, 0.05) is 12.2 Å². The van der Waals surface area contributed by atoms with Crippen molar-refractivity contribution in [3.05, 3.63) is 29.3 Å². The smallest absolute Gasteiger partial charge is 0.335 e. The molecule has 0 bridgehead atoms. The Morgan fingerprint density at radius 3 is 2.76 bits per heavy atom. The number of hydrogen-bond acceptors (Lipinski definition) is 3. The van der Waals surface area contributed by atoms with E-state index in [0.29, 0.717) is 6.54 Å². The Balaban J connectivity index is 2.30. The second-order valence-corrected chi connectivity index (χ2v) is 5.65. The molecule has 0 saturated heterocycles. The van der Waals surface area contributed by atoms with E-state index in [1.807, 2.05) is 13.8 Å². The number of nitrogens with zero attached hydrogens (tertiary/aromatic N) is 1.